The van der Waals surface area contributed by atoms with Gasteiger partial charge >= 0.3 is 0 Å². The van der Waals surface area contributed by atoms with Crippen molar-refractivity contribution >= 4 is 18.2 Å². The van der Waals surface area contributed by atoms with Crippen LogP contribution >= 0.6 is 0 Å². The maximum atomic E-state index is 10.9. The molecule has 0 aromatic heterocycles. The van der Waals surface area contributed by atoms with Crippen LogP contribution in [0.2, 0.25) is 0 Å². The predicted molar refractivity (Wildman–Crippen MR) is 39.6 cm³/mol. The molecule has 1 unspecified atom stereocenters. The van der Waals surface area contributed by atoms with Gasteiger partial charge in [-0.2, -0.15) is 0 Å². The maximum absolute atomic E-state index is 10.9. The molecule has 0 aromatic rings. The van der Waals surface area contributed by atoms with Gasteiger partial charge in [0.2, 0.25) is 11.9 Å². The van der Waals surface area contributed by atoms with Crippen molar-refractivity contribution in [2.45, 2.75) is 18.9 Å². The van der Waals surface area contributed by atoms with Crippen LogP contribution < -0.4 is 10.8 Å². The van der Waals surface area contributed by atoms with E-state index in [1.54, 1.807) is 5.48 Å². The van der Waals surface area contributed by atoms with Gasteiger partial charge in [-0.25, -0.2) is 10.5 Å². The zero-order valence-electron chi connectivity index (χ0n) is 6.50. The number of guanidine groups is 1. The molecule has 1 rings (SSSR count). The summed E-state index contributed by atoms with van der Waals surface area (Å²) in [6.45, 7) is 1.51. The molecule has 1 atom stereocenters. The van der Waals surface area contributed by atoms with Crippen LogP contribution in [0.5, 0.6) is 0 Å². The summed E-state index contributed by atoms with van der Waals surface area (Å²) in [4.78, 5) is 25.2. The highest BCUT2D eigenvalue weighted by atomic mass is 16.5. The Bertz CT molecular complexity index is 250. The average molecular weight is 171 g/mol. The zero-order chi connectivity index (χ0) is 9.19. The van der Waals surface area contributed by atoms with Crippen LogP contribution in [-0.4, -0.2) is 28.9 Å². The molecule has 0 aromatic carbocycles. The second-order valence-electron chi connectivity index (χ2n) is 2.77. The first-order valence-electron chi connectivity index (χ1n) is 3.36. The SMILES string of the molecule is CC1(C=O)CC(=O)NC(NO)=N1. The lowest BCUT2D eigenvalue weighted by Crippen LogP contribution is -2.49. The van der Waals surface area contributed by atoms with Crippen LogP contribution in [0, 0.1) is 0 Å². The monoisotopic (exact) mass is 171 g/mol. The topological polar surface area (TPSA) is 90.8 Å². The van der Waals surface area contributed by atoms with E-state index in [2.05, 4.69) is 10.3 Å². The molecular weight excluding hydrogens is 162 g/mol. The summed E-state index contributed by atoms with van der Waals surface area (Å²) < 4.78 is 0. The molecule has 3 N–H and O–H groups in total. The number of rotatable bonds is 1. The van der Waals surface area contributed by atoms with Crippen molar-refractivity contribution < 1.29 is 14.8 Å². The number of aliphatic imine (C=N–C) groups is 1. The van der Waals surface area contributed by atoms with Crippen LogP contribution in [0.4, 0.5) is 0 Å². The van der Waals surface area contributed by atoms with Crippen molar-refractivity contribution in [1.82, 2.24) is 10.8 Å². The van der Waals surface area contributed by atoms with Crippen LogP contribution in [0.25, 0.3) is 0 Å². The van der Waals surface area contributed by atoms with Crippen molar-refractivity contribution in [2.24, 2.45) is 4.99 Å². The fraction of sp³-hybridized carbons (Fsp3) is 0.500. The van der Waals surface area contributed by atoms with E-state index in [9.17, 15) is 9.59 Å². The molecule has 0 fully saturated rings. The molecule has 1 heterocycles. The van der Waals surface area contributed by atoms with E-state index < -0.39 is 5.54 Å². The molecule has 12 heavy (non-hydrogen) atoms. The molecule has 6 nitrogen and oxygen atoms in total. The van der Waals surface area contributed by atoms with Gasteiger partial charge in [0.25, 0.3) is 0 Å². The Labute approximate surface area is 68.6 Å². The van der Waals surface area contributed by atoms with Crippen molar-refractivity contribution in [3.05, 3.63) is 0 Å². The minimum absolute atomic E-state index is 0.00167. The van der Waals surface area contributed by atoms with Crippen molar-refractivity contribution in [3.8, 4) is 0 Å². The van der Waals surface area contributed by atoms with Crippen LogP contribution in [0.3, 0.4) is 0 Å². The largest absolute Gasteiger partial charge is 0.301 e. The predicted octanol–water partition coefficient (Wildman–Crippen LogP) is -1.20. The smallest absolute Gasteiger partial charge is 0.229 e. The quantitative estimate of drug-likeness (QED) is 0.341. The molecule has 0 saturated heterocycles. The number of aldehydes is 1. The van der Waals surface area contributed by atoms with E-state index in [1.807, 2.05) is 0 Å². The van der Waals surface area contributed by atoms with E-state index in [-0.39, 0.29) is 18.3 Å². The van der Waals surface area contributed by atoms with Gasteiger partial charge in [0.15, 0.2) is 0 Å². The summed E-state index contributed by atoms with van der Waals surface area (Å²) in [7, 11) is 0. The van der Waals surface area contributed by atoms with Gasteiger partial charge in [0.05, 0.1) is 6.42 Å². The van der Waals surface area contributed by atoms with E-state index in [0.29, 0.717) is 6.29 Å². The molecule has 0 aliphatic carbocycles. The number of hydrogen-bond acceptors (Lipinski definition) is 5. The van der Waals surface area contributed by atoms with Crippen LogP contribution in [0.15, 0.2) is 4.99 Å². The normalized spacial score (nSPS) is 28.8. The lowest BCUT2D eigenvalue weighted by atomic mass is 9.99. The van der Waals surface area contributed by atoms with E-state index in [0.717, 1.165) is 0 Å². The fourth-order valence-corrected chi connectivity index (χ4v) is 0.945. The third-order valence-corrected chi connectivity index (χ3v) is 1.50. The van der Waals surface area contributed by atoms with Gasteiger partial charge in [0.1, 0.15) is 11.8 Å². The standard InChI is InChI=1S/C6H9N3O3/c1-6(3-10)2-4(11)7-5(8-6)9-12/h3,12H,2H2,1H3,(H2,7,8,9,11). The first-order valence-corrected chi connectivity index (χ1v) is 3.36. The molecule has 0 radical (unpaired) electrons. The number of carbonyl (C=O) groups is 2. The number of amides is 1. The highest BCUT2D eigenvalue weighted by Gasteiger charge is 2.31. The van der Waals surface area contributed by atoms with Gasteiger partial charge in [-0.1, -0.05) is 0 Å². The highest BCUT2D eigenvalue weighted by molar-refractivity contribution is 6.01. The van der Waals surface area contributed by atoms with E-state index >= 15 is 0 Å². The summed E-state index contributed by atoms with van der Waals surface area (Å²) in [5, 5.41) is 10.7. The van der Waals surface area contributed by atoms with Gasteiger partial charge in [0, 0.05) is 0 Å². The Hall–Kier alpha value is -1.43. The lowest BCUT2D eigenvalue weighted by Gasteiger charge is -2.23. The molecule has 1 aliphatic rings. The summed E-state index contributed by atoms with van der Waals surface area (Å²) in [6, 6.07) is 0. The van der Waals surface area contributed by atoms with Crippen molar-refractivity contribution in [2.75, 3.05) is 0 Å². The number of hydroxylamine groups is 1. The number of nitrogens with one attached hydrogen (secondary N) is 2. The molecule has 6 heteroatoms. The number of hydrogen-bond donors (Lipinski definition) is 3. The summed E-state index contributed by atoms with van der Waals surface area (Å²) in [5.74, 6) is -0.447. The first kappa shape index (κ1) is 8.66. The summed E-state index contributed by atoms with van der Waals surface area (Å²) in [5.41, 5.74) is 0.621. The van der Waals surface area contributed by atoms with Gasteiger partial charge in [-0.05, 0) is 6.92 Å². The Balaban J connectivity index is 2.92. The second kappa shape index (κ2) is 2.90. The van der Waals surface area contributed by atoms with Crippen LogP contribution in [-0.2, 0) is 9.59 Å². The van der Waals surface area contributed by atoms with Gasteiger partial charge in [-0.3, -0.25) is 15.3 Å². The third-order valence-electron chi connectivity index (χ3n) is 1.50. The molecular formula is C6H9N3O3. The molecule has 0 bridgehead atoms. The lowest BCUT2D eigenvalue weighted by molar-refractivity contribution is -0.124. The highest BCUT2D eigenvalue weighted by Crippen LogP contribution is 2.14. The molecule has 0 spiro atoms. The Morgan fingerprint density at radius 3 is 3.00 bits per heavy atom. The molecule has 1 amide bonds. The minimum atomic E-state index is -1.06. The Kier molecular flexibility index (Phi) is 2.09. The number of carbonyl (C=O) groups excluding carboxylic acids is 2. The third kappa shape index (κ3) is 1.59. The zero-order valence-corrected chi connectivity index (χ0v) is 6.50. The number of nitrogens with zero attached hydrogens (tertiary/aromatic N) is 1. The van der Waals surface area contributed by atoms with Crippen LogP contribution in [0.1, 0.15) is 13.3 Å². The summed E-state index contributed by atoms with van der Waals surface area (Å²) in [6.07, 6.45) is 0.574. The van der Waals surface area contributed by atoms with Crippen molar-refractivity contribution in [3.63, 3.8) is 0 Å². The van der Waals surface area contributed by atoms with Gasteiger partial charge < -0.3 is 4.79 Å². The molecule has 1 aliphatic heterocycles. The molecule has 0 saturated carbocycles. The van der Waals surface area contributed by atoms with Gasteiger partial charge in [-0.15, -0.1) is 0 Å². The van der Waals surface area contributed by atoms with E-state index in [4.69, 9.17) is 5.21 Å². The first-order chi connectivity index (χ1) is 5.59. The van der Waals surface area contributed by atoms with E-state index in [1.165, 1.54) is 6.92 Å². The Morgan fingerprint density at radius 1 is 1.83 bits per heavy atom. The average Bonchev–Trinajstić information content (AvgIpc) is 2.03. The molecule has 66 valence electrons. The second-order valence-corrected chi connectivity index (χ2v) is 2.77. The summed E-state index contributed by atoms with van der Waals surface area (Å²) >= 11 is 0. The maximum Gasteiger partial charge on any atom is 0.229 e. The van der Waals surface area contributed by atoms with Crippen molar-refractivity contribution in [1.29, 1.82) is 0 Å². The fourth-order valence-electron chi connectivity index (χ4n) is 0.945. The Morgan fingerprint density at radius 2 is 2.50 bits per heavy atom. The minimum Gasteiger partial charge on any atom is -0.301 e.